The number of halogens is 3. The largest absolute Gasteiger partial charge is 0.243 e. The molecule has 0 saturated carbocycles. The molecule has 0 aromatic carbocycles. The number of rotatable bonds is 0. The highest BCUT2D eigenvalue weighted by Gasteiger charge is 2.05. The van der Waals surface area contributed by atoms with Crippen LogP contribution in [-0.2, 0) is 0 Å². The highest BCUT2D eigenvalue weighted by Crippen LogP contribution is 2.21. The summed E-state index contributed by atoms with van der Waals surface area (Å²) in [5.74, 6) is 0. The van der Waals surface area contributed by atoms with E-state index in [4.69, 9.17) is 23.2 Å². The van der Waals surface area contributed by atoms with Gasteiger partial charge in [-0.15, -0.1) is 5.10 Å². The lowest BCUT2D eigenvalue weighted by Crippen LogP contribution is -1.86. The van der Waals surface area contributed by atoms with Gasteiger partial charge in [0, 0.05) is 10.7 Å². The molecule has 0 aliphatic carbocycles. The Morgan fingerprint density at radius 3 is 2.92 bits per heavy atom. The van der Waals surface area contributed by atoms with Crippen molar-refractivity contribution in [2.24, 2.45) is 0 Å². The molecule has 0 amide bonds. The summed E-state index contributed by atoms with van der Waals surface area (Å²) in [6, 6.07) is 1.74. The van der Waals surface area contributed by atoms with Crippen molar-refractivity contribution in [1.29, 1.82) is 0 Å². The fraction of sp³-hybridized carbons (Fsp3) is 0. The third-order valence-electron chi connectivity index (χ3n) is 1.33. The zero-order valence-electron chi connectivity index (χ0n) is 5.63. The smallest absolute Gasteiger partial charge is 0.217 e. The average molecular weight is 267 g/mol. The van der Waals surface area contributed by atoms with Crippen LogP contribution in [0.2, 0.25) is 10.3 Å². The summed E-state index contributed by atoms with van der Waals surface area (Å²) >= 11 is 14.7. The van der Waals surface area contributed by atoms with E-state index >= 15 is 0 Å². The molecule has 2 heterocycles. The van der Waals surface area contributed by atoms with Crippen molar-refractivity contribution < 1.29 is 0 Å². The summed E-state index contributed by atoms with van der Waals surface area (Å²) in [5.41, 5.74) is 0.560. The minimum Gasteiger partial charge on any atom is -0.217 e. The molecule has 62 valence electrons. The molecule has 0 N–H and O–H groups in total. The normalized spacial score (nSPS) is 10.9. The van der Waals surface area contributed by atoms with Crippen molar-refractivity contribution in [2.75, 3.05) is 0 Å². The van der Waals surface area contributed by atoms with Crippen molar-refractivity contribution in [3.63, 3.8) is 0 Å². The first-order valence-corrected chi connectivity index (χ1v) is 4.58. The van der Waals surface area contributed by atoms with Gasteiger partial charge in [0.15, 0.2) is 5.65 Å². The molecule has 0 saturated heterocycles. The lowest BCUT2D eigenvalue weighted by atomic mass is 10.5. The molecule has 2 rings (SSSR count). The maximum absolute atomic E-state index is 5.86. The maximum atomic E-state index is 5.86. The lowest BCUT2D eigenvalue weighted by molar-refractivity contribution is 0.957. The molecule has 0 aliphatic rings. The molecule has 0 atom stereocenters. The van der Waals surface area contributed by atoms with Gasteiger partial charge >= 0.3 is 0 Å². The zero-order valence-corrected chi connectivity index (χ0v) is 8.73. The van der Waals surface area contributed by atoms with Crippen molar-refractivity contribution in [3.8, 4) is 0 Å². The molecule has 0 radical (unpaired) electrons. The third kappa shape index (κ3) is 1.30. The van der Waals surface area contributed by atoms with Crippen LogP contribution >= 0.6 is 39.1 Å². The van der Waals surface area contributed by atoms with E-state index in [1.807, 2.05) is 0 Å². The standard InChI is InChI=1S/C6H2BrCl2N3/c7-3-1-4(8)5-10-6(9)11-12(5)2-3/h1-2H. The van der Waals surface area contributed by atoms with E-state index in [0.717, 1.165) is 4.47 Å². The van der Waals surface area contributed by atoms with E-state index in [1.165, 1.54) is 4.52 Å². The minimum atomic E-state index is 0.190. The molecule has 2 aromatic heterocycles. The van der Waals surface area contributed by atoms with Crippen LogP contribution in [0.25, 0.3) is 5.65 Å². The molecule has 3 nitrogen and oxygen atoms in total. The fourth-order valence-electron chi connectivity index (χ4n) is 0.890. The number of aromatic nitrogens is 3. The predicted molar refractivity (Wildman–Crippen MR) is 50.7 cm³/mol. The molecular formula is C6H2BrCl2N3. The molecular weight excluding hydrogens is 265 g/mol. The van der Waals surface area contributed by atoms with Crippen LogP contribution in [0.1, 0.15) is 0 Å². The number of nitrogens with zero attached hydrogens (tertiary/aromatic N) is 3. The Bertz CT molecular complexity index is 440. The zero-order chi connectivity index (χ0) is 8.72. The Morgan fingerprint density at radius 1 is 1.42 bits per heavy atom. The topological polar surface area (TPSA) is 30.2 Å². The van der Waals surface area contributed by atoms with Gasteiger partial charge < -0.3 is 0 Å². The van der Waals surface area contributed by atoms with Gasteiger partial charge in [-0.25, -0.2) is 4.52 Å². The monoisotopic (exact) mass is 265 g/mol. The van der Waals surface area contributed by atoms with Crippen LogP contribution in [-0.4, -0.2) is 14.6 Å². The lowest BCUT2D eigenvalue weighted by Gasteiger charge is -1.94. The van der Waals surface area contributed by atoms with Crippen LogP contribution in [0.3, 0.4) is 0 Å². The fourth-order valence-corrected chi connectivity index (χ4v) is 1.85. The van der Waals surface area contributed by atoms with E-state index in [9.17, 15) is 0 Å². The minimum absolute atomic E-state index is 0.190. The van der Waals surface area contributed by atoms with Crippen LogP contribution in [0, 0.1) is 0 Å². The van der Waals surface area contributed by atoms with E-state index in [1.54, 1.807) is 12.3 Å². The Morgan fingerprint density at radius 2 is 2.17 bits per heavy atom. The molecule has 0 unspecified atom stereocenters. The number of hydrogen-bond donors (Lipinski definition) is 0. The average Bonchev–Trinajstić information content (AvgIpc) is 2.29. The Hall–Kier alpha value is -0.320. The Kier molecular flexibility index (Phi) is 1.98. The second-order valence-electron chi connectivity index (χ2n) is 2.16. The van der Waals surface area contributed by atoms with Crippen molar-refractivity contribution >= 4 is 44.8 Å². The quantitative estimate of drug-likeness (QED) is 0.734. The van der Waals surface area contributed by atoms with Crippen molar-refractivity contribution in [2.45, 2.75) is 0 Å². The van der Waals surface area contributed by atoms with Crippen molar-refractivity contribution in [1.82, 2.24) is 14.6 Å². The highest BCUT2D eigenvalue weighted by molar-refractivity contribution is 9.10. The summed E-state index contributed by atoms with van der Waals surface area (Å²) in [6.45, 7) is 0. The van der Waals surface area contributed by atoms with Crippen LogP contribution in [0.15, 0.2) is 16.7 Å². The molecule has 12 heavy (non-hydrogen) atoms. The van der Waals surface area contributed by atoms with E-state index in [2.05, 4.69) is 26.0 Å². The predicted octanol–water partition coefficient (Wildman–Crippen LogP) is 2.80. The summed E-state index contributed by atoms with van der Waals surface area (Å²) in [6.07, 6.45) is 1.74. The summed E-state index contributed by atoms with van der Waals surface area (Å²) < 4.78 is 2.36. The van der Waals surface area contributed by atoms with E-state index in [-0.39, 0.29) is 5.28 Å². The molecule has 0 bridgehead atoms. The van der Waals surface area contributed by atoms with Gasteiger partial charge in [-0.05, 0) is 33.6 Å². The van der Waals surface area contributed by atoms with Crippen molar-refractivity contribution in [3.05, 3.63) is 27.0 Å². The second kappa shape index (κ2) is 2.87. The van der Waals surface area contributed by atoms with Gasteiger partial charge in [0.1, 0.15) is 0 Å². The molecule has 2 aromatic rings. The molecule has 6 heteroatoms. The van der Waals surface area contributed by atoms with Gasteiger partial charge in [-0.3, -0.25) is 0 Å². The molecule has 0 spiro atoms. The Balaban J connectivity index is 2.88. The van der Waals surface area contributed by atoms with Gasteiger partial charge in [-0.1, -0.05) is 11.6 Å². The first-order chi connectivity index (χ1) is 5.66. The van der Waals surface area contributed by atoms with E-state index in [0.29, 0.717) is 10.7 Å². The first kappa shape index (κ1) is 8.29. The number of pyridine rings is 1. The SMILES string of the molecule is Clc1nc2c(Cl)cc(Br)cn2n1. The number of fused-ring (bicyclic) bond motifs is 1. The van der Waals surface area contributed by atoms with Gasteiger partial charge in [-0.2, -0.15) is 4.98 Å². The second-order valence-corrected chi connectivity index (χ2v) is 3.82. The summed E-state index contributed by atoms with van der Waals surface area (Å²) in [7, 11) is 0. The maximum Gasteiger partial charge on any atom is 0.243 e. The third-order valence-corrected chi connectivity index (χ3v) is 2.20. The summed E-state index contributed by atoms with van der Waals surface area (Å²) in [4.78, 5) is 3.92. The Labute approximate surface area is 86.4 Å². The number of hydrogen-bond acceptors (Lipinski definition) is 2. The van der Waals surface area contributed by atoms with Gasteiger partial charge in [0.25, 0.3) is 0 Å². The van der Waals surface area contributed by atoms with Gasteiger partial charge in [0.2, 0.25) is 5.28 Å². The van der Waals surface area contributed by atoms with Crippen LogP contribution < -0.4 is 0 Å². The van der Waals surface area contributed by atoms with Gasteiger partial charge in [0.05, 0.1) is 5.02 Å². The highest BCUT2D eigenvalue weighted by atomic mass is 79.9. The van der Waals surface area contributed by atoms with Crippen LogP contribution in [0.4, 0.5) is 0 Å². The molecule has 0 fully saturated rings. The van der Waals surface area contributed by atoms with Crippen LogP contribution in [0.5, 0.6) is 0 Å². The summed E-state index contributed by atoms with van der Waals surface area (Å²) in [5, 5.41) is 4.60. The first-order valence-electron chi connectivity index (χ1n) is 3.04. The molecule has 0 aliphatic heterocycles. The van der Waals surface area contributed by atoms with E-state index < -0.39 is 0 Å².